The first-order valence-electron chi connectivity index (χ1n) is 4.24. The molecule has 0 aliphatic carbocycles. The summed E-state index contributed by atoms with van der Waals surface area (Å²) in [6, 6.07) is 0. The summed E-state index contributed by atoms with van der Waals surface area (Å²) in [5, 5.41) is 0. The van der Waals surface area contributed by atoms with Gasteiger partial charge in [0.15, 0.2) is 0 Å². The highest BCUT2D eigenvalue weighted by Crippen LogP contribution is 1.99. The van der Waals surface area contributed by atoms with Gasteiger partial charge in [-0.1, -0.05) is 32.1 Å². The van der Waals surface area contributed by atoms with E-state index in [9.17, 15) is 4.79 Å². The molecule has 0 N–H and O–H groups in total. The maximum atomic E-state index is 11.0. The average molecular weight is 168 g/mol. The summed E-state index contributed by atoms with van der Waals surface area (Å²) in [5.41, 5.74) is 0.422. The molecule has 0 radical (unpaired) electrons. The molecular formula is C10H16O2. The lowest BCUT2D eigenvalue weighted by molar-refractivity contribution is -0.138. The van der Waals surface area contributed by atoms with Crippen LogP contribution in [0.2, 0.25) is 0 Å². The minimum atomic E-state index is -0.329. The number of allylic oxidation sites excluding steroid dienone is 1. The van der Waals surface area contributed by atoms with Crippen LogP contribution in [0.1, 0.15) is 26.7 Å². The zero-order valence-electron chi connectivity index (χ0n) is 7.80. The van der Waals surface area contributed by atoms with Crippen LogP contribution in [0.5, 0.6) is 0 Å². The van der Waals surface area contributed by atoms with Gasteiger partial charge in [-0.05, 0) is 13.3 Å². The predicted molar refractivity (Wildman–Crippen MR) is 49.8 cm³/mol. The molecule has 2 nitrogen and oxygen atoms in total. The first-order valence-corrected chi connectivity index (χ1v) is 4.24. The van der Waals surface area contributed by atoms with Crippen LogP contribution in [0.4, 0.5) is 0 Å². The van der Waals surface area contributed by atoms with E-state index in [1.165, 1.54) is 0 Å². The lowest BCUT2D eigenvalue weighted by atomic mass is 10.2. The van der Waals surface area contributed by atoms with E-state index in [0.717, 1.165) is 12.8 Å². The summed E-state index contributed by atoms with van der Waals surface area (Å²) in [7, 11) is 0. The molecule has 0 bridgehead atoms. The Balaban J connectivity index is 3.78. The number of unbranched alkanes of at least 4 members (excludes halogenated alkanes) is 1. The summed E-state index contributed by atoms with van der Waals surface area (Å²) < 4.78 is 4.74. The van der Waals surface area contributed by atoms with Gasteiger partial charge in [0.25, 0.3) is 0 Å². The topological polar surface area (TPSA) is 26.3 Å². The third kappa shape index (κ3) is 4.72. The van der Waals surface area contributed by atoms with E-state index in [4.69, 9.17) is 4.74 Å². The Labute approximate surface area is 73.9 Å². The molecule has 68 valence electrons. The molecule has 0 aromatic heterocycles. The van der Waals surface area contributed by atoms with Crippen LogP contribution < -0.4 is 0 Å². The fourth-order valence-corrected chi connectivity index (χ4v) is 0.684. The van der Waals surface area contributed by atoms with Gasteiger partial charge < -0.3 is 4.74 Å². The van der Waals surface area contributed by atoms with Crippen molar-refractivity contribution in [3.05, 3.63) is 24.3 Å². The van der Waals surface area contributed by atoms with Gasteiger partial charge in [-0.2, -0.15) is 0 Å². The first-order chi connectivity index (χ1) is 5.72. The second-order valence-corrected chi connectivity index (χ2v) is 2.44. The quantitative estimate of drug-likeness (QED) is 0.358. The lowest BCUT2D eigenvalue weighted by Crippen LogP contribution is -2.04. The van der Waals surface area contributed by atoms with Crippen LogP contribution in [-0.4, -0.2) is 12.6 Å². The molecule has 0 amide bonds. The van der Waals surface area contributed by atoms with Crippen LogP contribution in [0.25, 0.3) is 0 Å². The number of esters is 1. The third-order valence-electron chi connectivity index (χ3n) is 1.31. The van der Waals surface area contributed by atoms with E-state index in [2.05, 4.69) is 13.5 Å². The van der Waals surface area contributed by atoms with Crippen molar-refractivity contribution in [2.24, 2.45) is 0 Å². The number of ether oxygens (including phenoxy) is 1. The first kappa shape index (κ1) is 11.0. The fraction of sp³-hybridized carbons (Fsp3) is 0.500. The SMILES string of the molecule is C=C(C=CCCC)C(=O)OCC. The summed E-state index contributed by atoms with van der Waals surface area (Å²) in [4.78, 5) is 11.0. The maximum absolute atomic E-state index is 11.0. The Morgan fingerprint density at radius 2 is 2.17 bits per heavy atom. The zero-order valence-corrected chi connectivity index (χ0v) is 7.80. The molecule has 0 aliphatic heterocycles. The molecule has 0 heterocycles. The molecule has 0 fully saturated rings. The van der Waals surface area contributed by atoms with E-state index < -0.39 is 0 Å². The van der Waals surface area contributed by atoms with Crippen molar-refractivity contribution in [3.63, 3.8) is 0 Å². The predicted octanol–water partition coefficient (Wildman–Crippen LogP) is 2.46. The summed E-state index contributed by atoms with van der Waals surface area (Å²) in [6.07, 6.45) is 5.69. The highest BCUT2D eigenvalue weighted by Gasteiger charge is 2.01. The minimum Gasteiger partial charge on any atom is -0.462 e. The molecule has 0 saturated carbocycles. The van der Waals surface area contributed by atoms with E-state index in [0.29, 0.717) is 12.2 Å². The van der Waals surface area contributed by atoms with E-state index in [1.807, 2.05) is 6.08 Å². The highest BCUT2D eigenvalue weighted by molar-refractivity contribution is 5.90. The maximum Gasteiger partial charge on any atom is 0.337 e. The largest absolute Gasteiger partial charge is 0.462 e. The van der Waals surface area contributed by atoms with Gasteiger partial charge in [0.05, 0.1) is 12.2 Å². The zero-order chi connectivity index (χ0) is 9.40. The molecule has 0 aliphatic rings. The van der Waals surface area contributed by atoms with Crippen molar-refractivity contribution < 1.29 is 9.53 Å². The van der Waals surface area contributed by atoms with E-state index in [1.54, 1.807) is 13.0 Å². The monoisotopic (exact) mass is 168 g/mol. The van der Waals surface area contributed by atoms with Gasteiger partial charge in [0.2, 0.25) is 0 Å². The van der Waals surface area contributed by atoms with Crippen molar-refractivity contribution in [1.29, 1.82) is 0 Å². The second kappa shape index (κ2) is 6.65. The second-order valence-electron chi connectivity index (χ2n) is 2.44. The molecule has 0 unspecified atom stereocenters. The van der Waals surface area contributed by atoms with Gasteiger partial charge in [-0.15, -0.1) is 0 Å². The van der Waals surface area contributed by atoms with Crippen molar-refractivity contribution >= 4 is 5.97 Å². The number of hydrogen-bond acceptors (Lipinski definition) is 2. The Hall–Kier alpha value is -1.05. The number of rotatable bonds is 5. The fourth-order valence-electron chi connectivity index (χ4n) is 0.684. The Morgan fingerprint density at radius 1 is 1.50 bits per heavy atom. The summed E-state index contributed by atoms with van der Waals surface area (Å²) >= 11 is 0. The normalized spacial score (nSPS) is 10.2. The van der Waals surface area contributed by atoms with Crippen molar-refractivity contribution in [3.8, 4) is 0 Å². The Morgan fingerprint density at radius 3 is 2.67 bits per heavy atom. The van der Waals surface area contributed by atoms with Gasteiger partial charge in [0, 0.05) is 0 Å². The van der Waals surface area contributed by atoms with Gasteiger partial charge >= 0.3 is 5.97 Å². The standard InChI is InChI=1S/C10H16O2/c1-4-6-7-8-9(3)10(11)12-5-2/h7-8H,3-6H2,1-2H3. The van der Waals surface area contributed by atoms with Crippen LogP contribution in [0, 0.1) is 0 Å². The molecule has 0 aromatic rings. The molecule has 12 heavy (non-hydrogen) atoms. The van der Waals surface area contributed by atoms with Crippen molar-refractivity contribution in [2.45, 2.75) is 26.7 Å². The molecule has 2 heteroatoms. The number of carbonyl (C=O) groups is 1. The van der Waals surface area contributed by atoms with Gasteiger partial charge in [-0.25, -0.2) is 4.79 Å². The summed E-state index contributed by atoms with van der Waals surface area (Å²) in [5.74, 6) is -0.329. The van der Waals surface area contributed by atoms with Gasteiger partial charge in [0.1, 0.15) is 0 Å². The minimum absolute atomic E-state index is 0.329. The van der Waals surface area contributed by atoms with Crippen LogP contribution >= 0.6 is 0 Å². The molecule has 0 rings (SSSR count). The molecule has 0 saturated heterocycles. The molecule has 0 aromatic carbocycles. The van der Waals surface area contributed by atoms with Crippen LogP contribution in [-0.2, 0) is 9.53 Å². The highest BCUT2D eigenvalue weighted by atomic mass is 16.5. The smallest absolute Gasteiger partial charge is 0.337 e. The van der Waals surface area contributed by atoms with Crippen LogP contribution in [0.15, 0.2) is 24.3 Å². The van der Waals surface area contributed by atoms with Crippen LogP contribution in [0.3, 0.4) is 0 Å². The third-order valence-corrected chi connectivity index (χ3v) is 1.31. The molecule has 0 spiro atoms. The lowest BCUT2D eigenvalue weighted by Gasteiger charge is -1.99. The number of carbonyl (C=O) groups excluding carboxylic acids is 1. The summed E-state index contributed by atoms with van der Waals surface area (Å²) in [6.45, 7) is 7.85. The number of hydrogen-bond donors (Lipinski definition) is 0. The molecular weight excluding hydrogens is 152 g/mol. The van der Waals surface area contributed by atoms with Gasteiger partial charge in [-0.3, -0.25) is 0 Å². The average Bonchev–Trinajstić information content (AvgIpc) is 2.05. The van der Waals surface area contributed by atoms with Crippen molar-refractivity contribution in [1.82, 2.24) is 0 Å². The Bertz CT molecular complexity index is 180. The van der Waals surface area contributed by atoms with Crippen molar-refractivity contribution in [2.75, 3.05) is 6.61 Å². The van der Waals surface area contributed by atoms with E-state index in [-0.39, 0.29) is 5.97 Å². The van der Waals surface area contributed by atoms with E-state index >= 15 is 0 Å². The Kier molecular flexibility index (Phi) is 6.07. The molecule has 0 atom stereocenters.